The number of anilines is 1. The summed E-state index contributed by atoms with van der Waals surface area (Å²) in [6.45, 7) is 11.1. The number of benzene rings is 1. The van der Waals surface area contributed by atoms with Crippen molar-refractivity contribution < 1.29 is 4.79 Å². The van der Waals surface area contributed by atoms with Crippen LogP contribution in [0.1, 0.15) is 62.4 Å². The molecule has 0 aliphatic carbocycles. The molecule has 0 fully saturated rings. The molecule has 0 unspecified atom stereocenters. The Morgan fingerprint density at radius 2 is 1.71 bits per heavy atom. The van der Waals surface area contributed by atoms with Crippen LogP contribution in [0.3, 0.4) is 0 Å². The van der Waals surface area contributed by atoms with E-state index in [9.17, 15) is 4.79 Å². The first-order chi connectivity index (χ1) is 10.1. The fraction of sp³-hybridized carbons (Fsp3) is 0.611. The average molecular weight is 290 g/mol. The highest BCUT2D eigenvalue weighted by Crippen LogP contribution is 2.18. The molecule has 3 nitrogen and oxygen atoms in total. The molecule has 1 N–H and O–H groups in total. The Morgan fingerprint density at radius 1 is 1.10 bits per heavy atom. The van der Waals surface area contributed by atoms with Crippen LogP contribution in [-0.2, 0) is 0 Å². The zero-order chi connectivity index (χ0) is 15.7. The maximum absolute atomic E-state index is 12.7. The number of hydrogen-bond donors (Lipinski definition) is 1. The van der Waals surface area contributed by atoms with Gasteiger partial charge in [-0.3, -0.25) is 4.79 Å². The fourth-order valence-corrected chi connectivity index (χ4v) is 2.38. The van der Waals surface area contributed by atoms with Crippen molar-refractivity contribution in [3.63, 3.8) is 0 Å². The number of rotatable bonds is 9. The second-order valence-corrected chi connectivity index (χ2v) is 5.56. The van der Waals surface area contributed by atoms with E-state index < -0.39 is 0 Å². The van der Waals surface area contributed by atoms with Crippen molar-refractivity contribution in [2.24, 2.45) is 0 Å². The molecule has 3 heteroatoms. The van der Waals surface area contributed by atoms with Crippen molar-refractivity contribution in [3.05, 3.63) is 29.3 Å². The number of nitrogens with zero attached hydrogens (tertiary/aromatic N) is 1. The summed E-state index contributed by atoms with van der Waals surface area (Å²) in [6.07, 6.45) is 4.39. The molecule has 1 rings (SSSR count). The van der Waals surface area contributed by atoms with Gasteiger partial charge in [0.2, 0.25) is 0 Å². The van der Waals surface area contributed by atoms with Crippen LogP contribution in [0.25, 0.3) is 0 Å². The van der Waals surface area contributed by atoms with Crippen LogP contribution >= 0.6 is 0 Å². The smallest absolute Gasteiger partial charge is 0.253 e. The van der Waals surface area contributed by atoms with E-state index in [1.54, 1.807) is 0 Å². The molecule has 1 aromatic carbocycles. The molecule has 0 radical (unpaired) electrons. The maximum atomic E-state index is 12.7. The Hall–Kier alpha value is -1.51. The van der Waals surface area contributed by atoms with Crippen LogP contribution in [0.5, 0.6) is 0 Å². The summed E-state index contributed by atoms with van der Waals surface area (Å²) in [7, 11) is 0. The molecule has 0 heterocycles. The largest absolute Gasteiger partial charge is 0.385 e. The van der Waals surface area contributed by atoms with Crippen LogP contribution < -0.4 is 5.32 Å². The van der Waals surface area contributed by atoms with Crippen molar-refractivity contribution in [1.29, 1.82) is 0 Å². The third-order valence-corrected chi connectivity index (χ3v) is 3.69. The summed E-state index contributed by atoms with van der Waals surface area (Å²) in [4.78, 5) is 14.7. The Balaban J connectivity index is 2.84. The molecule has 0 atom stereocenters. The number of aryl methyl sites for hydroxylation is 1. The topological polar surface area (TPSA) is 32.3 Å². The molecule has 0 bridgehead atoms. The van der Waals surface area contributed by atoms with Gasteiger partial charge in [-0.15, -0.1) is 0 Å². The maximum Gasteiger partial charge on any atom is 0.253 e. The number of hydrogen-bond acceptors (Lipinski definition) is 2. The molecular weight excluding hydrogens is 260 g/mol. The summed E-state index contributed by atoms with van der Waals surface area (Å²) in [5.41, 5.74) is 3.05. The Labute approximate surface area is 129 Å². The summed E-state index contributed by atoms with van der Waals surface area (Å²) in [6, 6.07) is 5.97. The van der Waals surface area contributed by atoms with E-state index in [1.165, 1.54) is 0 Å². The lowest BCUT2D eigenvalue weighted by molar-refractivity contribution is 0.0751. The second kappa shape index (κ2) is 9.43. The van der Waals surface area contributed by atoms with Crippen molar-refractivity contribution in [3.8, 4) is 0 Å². The monoisotopic (exact) mass is 290 g/mol. The van der Waals surface area contributed by atoms with E-state index >= 15 is 0 Å². The molecule has 0 saturated carbocycles. The van der Waals surface area contributed by atoms with Crippen LogP contribution in [0, 0.1) is 6.92 Å². The number of amides is 1. The second-order valence-electron chi connectivity index (χ2n) is 5.56. The molecule has 1 amide bonds. The fourth-order valence-electron chi connectivity index (χ4n) is 2.38. The molecule has 118 valence electrons. The van der Waals surface area contributed by atoms with Gasteiger partial charge in [0, 0.05) is 30.9 Å². The molecule has 21 heavy (non-hydrogen) atoms. The molecule has 0 aromatic heterocycles. The lowest BCUT2D eigenvalue weighted by atomic mass is 10.1. The van der Waals surface area contributed by atoms with Gasteiger partial charge in [-0.25, -0.2) is 0 Å². The molecule has 1 aromatic rings. The third kappa shape index (κ3) is 5.41. The van der Waals surface area contributed by atoms with Gasteiger partial charge < -0.3 is 10.2 Å². The number of carbonyl (C=O) groups excluding carboxylic acids is 1. The minimum Gasteiger partial charge on any atom is -0.385 e. The molecule has 0 spiro atoms. The van der Waals surface area contributed by atoms with Crippen molar-refractivity contribution >= 4 is 11.6 Å². The molecule has 0 aliphatic heterocycles. The molecular formula is C18H30N2O. The summed E-state index contributed by atoms with van der Waals surface area (Å²) in [5, 5.41) is 3.31. The Morgan fingerprint density at radius 3 is 2.19 bits per heavy atom. The van der Waals surface area contributed by atoms with Crippen LogP contribution in [-0.4, -0.2) is 30.4 Å². The van der Waals surface area contributed by atoms with Gasteiger partial charge in [-0.1, -0.05) is 26.7 Å². The van der Waals surface area contributed by atoms with Crippen molar-refractivity contribution in [2.75, 3.05) is 25.0 Å². The number of carbonyl (C=O) groups is 1. The van der Waals surface area contributed by atoms with E-state index in [-0.39, 0.29) is 5.91 Å². The van der Waals surface area contributed by atoms with Gasteiger partial charge in [-0.05, 0) is 50.5 Å². The summed E-state index contributed by atoms with van der Waals surface area (Å²) in [5.74, 6) is 0.169. The van der Waals surface area contributed by atoms with E-state index in [2.05, 4.69) is 33.0 Å². The first-order valence-electron chi connectivity index (χ1n) is 8.27. The lowest BCUT2D eigenvalue weighted by Crippen LogP contribution is -2.33. The normalized spacial score (nSPS) is 10.5. The number of unbranched alkanes of at least 4 members (excludes halogenated alkanes) is 2. The number of nitrogens with one attached hydrogen (secondary N) is 1. The first kappa shape index (κ1) is 17.5. The van der Waals surface area contributed by atoms with E-state index in [4.69, 9.17) is 0 Å². The minimum atomic E-state index is 0.169. The summed E-state index contributed by atoms with van der Waals surface area (Å²) < 4.78 is 0. The van der Waals surface area contributed by atoms with Crippen molar-refractivity contribution in [2.45, 2.75) is 53.4 Å². The van der Waals surface area contributed by atoms with Crippen LogP contribution in [0.2, 0.25) is 0 Å². The van der Waals surface area contributed by atoms with Gasteiger partial charge >= 0.3 is 0 Å². The lowest BCUT2D eigenvalue weighted by Gasteiger charge is -2.23. The average Bonchev–Trinajstić information content (AvgIpc) is 2.49. The standard InChI is InChI=1S/C18H30N2O/c1-5-8-12-20(13-9-6-2)18(21)16-10-11-17(19-7-3)15(4)14-16/h10-11,14,19H,5-9,12-13H2,1-4H3. The highest BCUT2D eigenvalue weighted by molar-refractivity contribution is 5.95. The van der Waals surface area contributed by atoms with E-state index in [1.807, 2.05) is 23.1 Å². The summed E-state index contributed by atoms with van der Waals surface area (Å²) >= 11 is 0. The quantitative estimate of drug-likeness (QED) is 0.727. The zero-order valence-corrected chi connectivity index (χ0v) is 14.0. The van der Waals surface area contributed by atoms with Gasteiger partial charge in [0.1, 0.15) is 0 Å². The molecule has 0 saturated heterocycles. The third-order valence-electron chi connectivity index (χ3n) is 3.69. The van der Waals surface area contributed by atoms with Gasteiger partial charge in [-0.2, -0.15) is 0 Å². The zero-order valence-electron chi connectivity index (χ0n) is 14.0. The Bertz CT molecular complexity index is 435. The van der Waals surface area contributed by atoms with Gasteiger partial charge in [0.15, 0.2) is 0 Å². The van der Waals surface area contributed by atoms with Crippen LogP contribution in [0.15, 0.2) is 18.2 Å². The minimum absolute atomic E-state index is 0.169. The van der Waals surface area contributed by atoms with E-state index in [0.717, 1.165) is 62.1 Å². The van der Waals surface area contributed by atoms with Gasteiger partial charge in [0.25, 0.3) is 5.91 Å². The van der Waals surface area contributed by atoms with Crippen molar-refractivity contribution in [1.82, 2.24) is 4.90 Å². The highest BCUT2D eigenvalue weighted by Gasteiger charge is 2.15. The molecule has 0 aliphatic rings. The SMILES string of the molecule is CCCCN(CCCC)C(=O)c1ccc(NCC)c(C)c1. The Kier molecular flexibility index (Phi) is 7.88. The van der Waals surface area contributed by atoms with E-state index in [0.29, 0.717) is 0 Å². The first-order valence-corrected chi connectivity index (χ1v) is 8.27. The van der Waals surface area contributed by atoms with Crippen LogP contribution in [0.4, 0.5) is 5.69 Å². The predicted molar refractivity (Wildman–Crippen MR) is 91.1 cm³/mol. The van der Waals surface area contributed by atoms with Gasteiger partial charge in [0.05, 0.1) is 0 Å². The highest BCUT2D eigenvalue weighted by atomic mass is 16.2. The predicted octanol–water partition coefficient (Wildman–Crippen LogP) is 4.47.